The van der Waals surface area contributed by atoms with Gasteiger partial charge in [0.25, 0.3) is 0 Å². The van der Waals surface area contributed by atoms with Crippen LogP contribution in [0.1, 0.15) is 18.9 Å². The minimum atomic E-state index is -4.30. The number of hydrogen-bond donors (Lipinski definition) is 0. The van der Waals surface area contributed by atoms with E-state index in [2.05, 4.69) is 0 Å². The first-order valence-corrected chi connectivity index (χ1v) is 5.89. The molecule has 0 saturated heterocycles. The van der Waals surface area contributed by atoms with Gasteiger partial charge in [-0.3, -0.25) is 0 Å². The Morgan fingerprint density at radius 3 is 2.26 bits per heavy atom. The lowest BCUT2D eigenvalue weighted by molar-refractivity contribution is -0.0895. The van der Waals surface area contributed by atoms with Crippen molar-refractivity contribution >= 4 is 5.57 Å². The first-order valence-electron chi connectivity index (χ1n) is 5.89. The summed E-state index contributed by atoms with van der Waals surface area (Å²) in [7, 11) is 1.55. The van der Waals surface area contributed by atoms with Crippen molar-refractivity contribution in [3.05, 3.63) is 53.5 Å². The van der Waals surface area contributed by atoms with E-state index in [9.17, 15) is 13.2 Å². The highest BCUT2D eigenvalue weighted by Gasteiger charge is 2.36. The van der Waals surface area contributed by atoms with Crippen LogP contribution in [0.3, 0.4) is 0 Å². The van der Waals surface area contributed by atoms with E-state index in [1.54, 1.807) is 31.4 Å². The molecule has 0 atom stereocenters. The summed E-state index contributed by atoms with van der Waals surface area (Å²) in [6.45, 7) is 1.51. The first kappa shape index (κ1) is 13.7. The summed E-state index contributed by atoms with van der Waals surface area (Å²) in [5.41, 5.74) is 1.13. The summed E-state index contributed by atoms with van der Waals surface area (Å²) in [5.74, 6) is 0.685. The molecule has 1 aromatic carbocycles. The topological polar surface area (TPSA) is 9.23 Å². The number of ether oxygens (including phenoxy) is 1. The minimum absolute atomic E-state index is 0.268. The number of halogens is 3. The van der Waals surface area contributed by atoms with Crippen LogP contribution in [0.25, 0.3) is 5.57 Å². The van der Waals surface area contributed by atoms with E-state index in [4.69, 9.17) is 4.74 Å². The number of hydrogen-bond acceptors (Lipinski definition) is 1. The summed E-state index contributed by atoms with van der Waals surface area (Å²) >= 11 is 0. The third kappa shape index (κ3) is 2.83. The van der Waals surface area contributed by atoms with Gasteiger partial charge in [0.15, 0.2) is 0 Å². The number of benzene rings is 1. The fourth-order valence-corrected chi connectivity index (χ4v) is 2.18. The molecular weight excluding hydrogens is 253 g/mol. The maximum Gasteiger partial charge on any atom is 0.416 e. The second kappa shape index (κ2) is 5.11. The third-order valence-electron chi connectivity index (χ3n) is 3.16. The highest BCUT2D eigenvalue weighted by molar-refractivity contribution is 5.79. The van der Waals surface area contributed by atoms with Crippen LogP contribution in [-0.4, -0.2) is 13.3 Å². The second-order valence-corrected chi connectivity index (χ2v) is 4.32. The van der Waals surface area contributed by atoms with Crippen molar-refractivity contribution < 1.29 is 17.9 Å². The molecule has 0 fully saturated rings. The monoisotopic (exact) mass is 267 g/mol. The van der Waals surface area contributed by atoms with Crippen molar-refractivity contribution in [1.29, 1.82) is 0 Å². The molecule has 0 N–H and O–H groups in total. The van der Waals surface area contributed by atoms with Crippen molar-refractivity contribution in [2.24, 2.45) is 0 Å². The van der Waals surface area contributed by atoms with Gasteiger partial charge in [-0.15, -0.1) is 0 Å². The van der Waals surface area contributed by atoms with Crippen LogP contribution in [0.5, 0.6) is 5.75 Å². The van der Waals surface area contributed by atoms with E-state index >= 15 is 0 Å². The van der Waals surface area contributed by atoms with E-state index in [1.807, 2.05) is 6.42 Å². The largest absolute Gasteiger partial charge is 0.497 e. The lowest BCUT2D eigenvalue weighted by Crippen LogP contribution is -2.16. The Bertz CT molecular complexity index is 521. The van der Waals surface area contributed by atoms with Crippen LogP contribution < -0.4 is 4.74 Å². The molecule has 0 aromatic heterocycles. The molecule has 4 heteroatoms. The summed E-state index contributed by atoms with van der Waals surface area (Å²) < 4.78 is 43.6. The summed E-state index contributed by atoms with van der Waals surface area (Å²) in [6.07, 6.45) is -0.960. The Labute approximate surface area is 110 Å². The fraction of sp³-hybridized carbons (Fsp3) is 0.267. The zero-order chi connectivity index (χ0) is 14.0. The summed E-state index contributed by atoms with van der Waals surface area (Å²) in [6, 6.07) is 7.03. The number of methoxy groups -OCH3 is 1. The fourth-order valence-electron chi connectivity index (χ4n) is 2.18. The van der Waals surface area contributed by atoms with Gasteiger partial charge >= 0.3 is 6.18 Å². The van der Waals surface area contributed by atoms with Gasteiger partial charge in [0, 0.05) is 0 Å². The highest BCUT2D eigenvalue weighted by Crippen LogP contribution is 2.39. The molecule has 0 bridgehead atoms. The molecule has 1 nitrogen and oxygen atoms in total. The third-order valence-corrected chi connectivity index (χ3v) is 3.16. The normalized spacial score (nSPS) is 16.4. The summed E-state index contributed by atoms with van der Waals surface area (Å²) in [5, 5.41) is 0. The van der Waals surface area contributed by atoms with Gasteiger partial charge in [-0.1, -0.05) is 18.2 Å². The van der Waals surface area contributed by atoms with Gasteiger partial charge in [-0.2, -0.15) is 13.2 Å². The van der Waals surface area contributed by atoms with E-state index in [0.717, 1.165) is 5.56 Å². The zero-order valence-corrected chi connectivity index (χ0v) is 10.7. The highest BCUT2D eigenvalue weighted by atomic mass is 19.4. The van der Waals surface area contributed by atoms with Crippen molar-refractivity contribution in [1.82, 2.24) is 0 Å². The lowest BCUT2D eigenvalue weighted by Gasteiger charge is -2.21. The van der Waals surface area contributed by atoms with Gasteiger partial charge in [0.05, 0.1) is 12.7 Å². The van der Waals surface area contributed by atoms with Gasteiger partial charge in [-0.05, 0) is 48.6 Å². The average molecular weight is 267 g/mol. The number of alkyl halides is 3. The van der Waals surface area contributed by atoms with E-state index < -0.39 is 11.7 Å². The molecular formula is C15H14F3O. The lowest BCUT2D eigenvalue weighted by atomic mass is 9.87. The van der Waals surface area contributed by atoms with Crippen LogP contribution in [-0.2, 0) is 0 Å². The SMILES string of the molecule is COc1ccc(C2=C(C)C(C(F)(F)F)=CC[CH]2)cc1. The van der Waals surface area contributed by atoms with Crippen LogP contribution >= 0.6 is 0 Å². The molecule has 1 aromatic rings. The van der Waals surface area contributed by atoms with Gasteiger partial charge in [0.1, 0.15) is 5.75 Å². The molecule has 0 unspecified atom stereocenters. The van der Waals surface area contributed by atoms with E-state index in [-0.39, 0.29) is 5.57 Å². The molecule has 1 aliphatic rings. The standard InChI is InChI=1S/C15H14F3O/c1-10-13(4-3-5-14(10)15(16,17)18)11-6-8-12(19-2)9-7-11/h4-9H,3H2,1-2H3. The van der Waals surface area contributed by atoms with Crippen LogP contribution in [0.2, 0.25) is 0 Å². The molecule has 1 radical (unpaired) electrons. The molecule has 0 heterocycles. The van der Waals surface area contributed by atoms with Crippen molar-refractivity contribution in [2.75, 3.05) is 7.11 Å². The quantitative estimate of drug-likeness (QED) is 0.763. The first-order chi connectivity index (χ1) is 8.93. The smallest absolute Gasteiger partial charge is 0.416 e. The van der Waals surface area contributed by atoms with Crippen molar-refractivity contribution in [3.63, 3.8) is 0 Å². The Balaban J connectivity index is 2.40. The Morgan fingerprint density at radius 1 is 1.11 bits per heavy atom. The second-order valence-electron chi connectivity index (χ2n) is 4.32. The Morgan fingerprint density at radius 2 is 1.74 bits per heavy atom. The number of allylic oxidation sites excluding steroid dienone is 4. The average Bonchev–Trinajstić information content (AvgIpc) is 2.38. The molecule has 0 spiro atoms. The molecule has 2 rings (SSSR count). The molecule has 101 valence electrons. The Hall–Kier alpha value is -1.71. The predicted octanol–water partition coefficient (Wildman–Crippen LogP) is 4.57. The number of rotatable bonds is 2. The van der Waals surface area contributed by atoms with Gasteiger partial charge in [0.2, 0.25) is 0 Å². The van der Waals surface area contributed by atoms with E-state index in [0.29, 0.717) is 17.7 Å². The molecule has 19 heavy (non-hydrogen) atoms. The molecule has 0 saturated carbocycles. The van der Waals surface area contributed by atoms with E-state index in [1.165, 1.54) is 13.0 Å². The maximum atomic E-state index is 12.9. The van der Waals surface area contributed by atoms with Crippen LogP contribution in [0.4, 0.5) is 13.2 Å². The maximum absolute atomic E-state index is 12.9. The zero-order valence-electron chi connectivity index (χ0n) is 10.7. The van der Waals surface area contributed by atoms with Gasteiger partial charge in [-0.25, -0.2) is 0 Å². The molecule has 1 aliphatic carbocycles. The van der Waals surface area contributed by atoms with Crippen LogP contribution in [0, 0.1) is 6.42 Å². The van der Waals surface area contributed by atoms with Crippen molar-refractivity contribution in [3.8, 4) is 5.75 Å². The molecule has 0 aliphatic heterocycles. The Kier molecular flexibility index (Phi) is 3.69. The van der Waals surface area contributed by atoms with Crippen molar-refractivity contribution in [2.45, 2.75) is 19.5 Å². The van der Waals surface area contributed by atoms with Gasteiger partial charge < -0.3 is 4.74 Å². The predicted molar refractivity (Wildman–Crippen MR) is 68.6 cm³/mol. The molecule has 0 amide bonds. The summed E-state index contributed by atoms with van der Waals surface area (Å²) in [4.78, 5) is 0. The minimum Gasteiger partial charge on any atom is -0.497 e. The van der Waals surface area contributed by atoms with Crippen LogP contribution in [0.15, 0.2) is 41.5 Å².